The predicted molar refractivity (Wildman–Crippen MR) is 228 cm³/mol. The molecule has 0 aromatic carbocycles. The molecule has 0 aliphatic heterocycles. The van der Waals surface area contributed by atoms with Crippen LogP contribution in [0.1, 0.15) is 187 Å². The van der Waals surface area contributed by atoms with Crippen molar-refractivity contribution in [3.63, 3.8) is 0 Å². The Bertz CT molecular complexity index is 1070. The Kier molecular flexibility index (Phi) is 39.6. The van der Waals surface area contributed by atoms with Crippen LogP contribution >= 0.6 is 7.82 Å². The highest BCUT2D eigenvalue weighted by atomic mass is 31.2. The zero-order valence-corrected chi connectivity index (χ0v) is 36.2. The number of rotatable bonds is 41. The highest BCUT2D eigenvalue weighted by molar-refractivity contribution is 7.47. The minimum absolute atomic E-state index is 0.147. The largest absolute Gasteiger partial charge is 0.472 e. The minimum Gasteiger partial charge on any atom is -0.462 e. The van der Waals surface area contributed by atoms with Gasteiger partial charge in [-0.25, -0.2) is 4.57 Å². The molecule has 0 heterocycles. The van der Waals surface area contributed by atoms with Crippen molar-refractivity contribution >= 4 is 19.8 Å². The number of phosphoric acid groups is 1. The number of aliphatic hydroxyl groups is 2. The number of hydrogen-bond donors (Lipinski definition) is 3. The fraction of sp³-hybridized carbons (Fsp3) is 0.778. The van der Waals surface area contributed by atoms with Gasteiger partial charge in [0.25, 0.3) is 0 Å². The van der Waals surface area contributed by atoms with E-state index in [-0.39, 0.29) is 19.4 Å². The van der Waals surface area contributed by atoms with E-state index < -0.39 is 51.8 Å². The molecule has 0 saturated heterocycles. The Labute approximate surface area is 341 Å². The van der Waals surface area contributed by atoms with Crippen molar-refractivity contribution in [2.75, 3.05) is 26.4 Å². The van der Waals surface area contributed by atoms with Gasteiger partial charge in [-0.05, 0) is 57.8 Å². The summed E-state index contributed by atoms with van der Waals surface area (Å²) in [6, 6.07) is 0. The lowest BCUT2D eigenvalue weighted by atomic mass is 10.0. The average Bonchev–Trinajstić information content (AvgIpc) is 3.19. The molecule has 0 saturated carbocycles. The third-order valence-corrected chi connectivity index (χ3v) is 10.2. The SMILES string of the molecule is CCCCC/C=C/C/C=C/C/C=C/C/C=C/CCCCCC(=O)O[C@H](COC(=O)CCCCCCCCCCCCCCCC)COP(=O)(O)OC[C@@H](O)CO. The van der Waals surface area contributed by atoms with Crippen molar-refractivity contribution in [2.45, 2.75) is 199 Å². The van der Waals surface area contributed by atoms with Crippen LogP contribution in [0.2, 0.25) is 0 Å². The fourth-order valence-electron chi connectivity index (χ4n) is 5.80. The lowest BCUT2D eigenvalue weighted by Crippen LogP contribution is -2.29. The highest BCUT2D eigenvalue weighted by Gasteiger charge is 2.27. The first-order valence-electron chi connectivity index (χ1n) is 22.1. The van der Waals surface area contributed by atoms with Crippen LogP contribution in [0.4, 0.5) is 0 Å². The Morgan fingerprint density at radius 1 is 0.536 bits per heavy atom. The lowest BCUT2D eigenvalue weighted by molar-refractivity contribution is -0.161. The van der Waals surface area contributed by atoms with Crippen molar-refractivity contribution < 1.29 is 47.8 Å². The minimum atomic E-state index is -4.63. The van der Waals surface area contributed by atoms with Gasteiger partial charge < -0.3 is 24.6 Å². The molecule has 56 heavy (non-hydrogen) atoms. The number of allylic oxidation sites excluding steroid dienone is 8. The number of carbonyl (C=O) groups is 2. The molecule has 11 heteroatoms. The average molecular weight is 813 g/mol. The second-order valence-corrected chi connectivity index (χ2v) is 16.2. The monoisotopic (exact) mass is 813 g/mol. The first-order chi connectivity index (χ1) is 27.2. The van der Waals surface area contributed by atoms with Crippen molar-refractivity contribution in [1.29, 1.82) is 0 Å². The van der Waals surface area contributed by atoms with Crippen LogP contribution < -0.4 is 0 Å². The van der Waals surface area contributed by atoms with Gasteiger partial charge in [0, 0.05) is 12.8 Å². The first kappa shape index (κ1) is 53.9. The van der Waals surface area contributed by atoms with Gasteiger partial charge in [0.15, 0.2) is 6.10 Å². The van der Waals surface area contributed by atoms with Gasteiger partial charge >= 0.3 is 19.8 Å². The summed E-state index contributed by atoms with van der Waals surface area (Å²) in [4.78, 5) is 35.0. The molecule has 0 amide bonds. The Balaban J connectivity index is 4.35. The van der Waals surface area contributed by atoms with Crippen LogP contribution in [-0.4, -0.2) is 65.7 Å². The number of hydrogen-bond acceptors (Lipinski definition) is 9. The molecule has 0 bridgehead atoms. The Morgan fingerprint density at radius 3 is 1.43 bits per heavy atom. The zero-order valence-electron chi connectivity index (χ0n) is 35.3. The molecule has 0 aliphatic rings. The van der Waals surface area contributed by atoms with E-state index in [4.69, 9.17) is 19.1 Å². The Morgan fingerprint density at radius 2 is 0.929 bits per heavy atom. The van der Waals surface area contributed by atoms with E-state index in [1.807, 2.05) is 0 Å². The quantitative estimate of drug-likeness (QED) is 0.0236. The summed E-state index contributed by atoms with van der Waals surface area (Å²) in [5, 5.41) is 18.3. The third-order valence-electron chi connectivity index (χ3n) is 9.24. The molecule has 0 radical (unpaired) electrons. The normalized spacial score (nSPS) is 14.3. The Hall–Kier alpha value is -2.07. The van der Waals surface area contributed by atoms with Crippen molar-refractivity contribution in [3.8, 4) is 0 Å². The van der Waals surface area contributed by atoms with Crippen molar-refractivity contribution in [2.24, 2.45) is 0 Å². The standard InChI is InChI=1S/C45H81O10P/c1-3-5-7-9-11-13-15-17-19-20-21-22-23-25-27-29-31-33-35-37-45(49)55-43(41-54-56(50,51)53-39-42(47)38-46)40-52-44(48)36-34-32-30-28-26-24-18-16-14-12-10-8-6-4-2/h11,13,17,19,21-22,25,27,42-43,46-47H,3-10,12,14-16,18,20,23-24,26,28-41H2,1-2H3,(H,50,51)/b13-11+,19-17+,22-21+,27-25+/t42-,43+/m0/s1. The van der Waals surface area contributed by atoms with Gasteiger partial charge in [0.1, 0.15) is 12.7 Å². The van der Waals surface area contributed by atoms with Crippen LogP contribution in [0.3, 0.4) is 0 Å². The summed E-state index contributed by atoms with van der Waals surface area (Å²) in [5.41, 5.74) is 0. The zero-order chi connectivity index (χ0) is 41.2. The first-order valence-corrected chi connectivity index (χ1v) is 23.6. The fourth-order valence-corrected chi connectivity index (χ4v) is 6.59. The smallest absolute Gasteiger partial charge is 0.462 e. The predicted octanol–water partition coefficient (Wildman–Crippen LogP) is 11.7. The van der Waals surface area contributed by atoms with E-state index in [1.165, 1.54) is 89.9 Å². The van der Waals surface area contributed by atoms with E-state index in [9.17, 15) is 24.2 Å². The summed E-state index contributed by atoms with van der Waals surface area (Å²) in [5.74, 6) is -0.958. The molecule has 0 aromatic heterocycles. The number of ether oxygens (including phenoxy) is 2. The topological polar surface area (TPSA) is 149 Å². The van der Waals surface area contributed by atoms with E-state index >= 15 is 0 Å². The number of esters is 2. The summed E-state index contributed by atoms with van der Waals surface area (Å²) in [6.07, 6.45) is 43.6. The molecule has 1 unspecified atom stereocenters. The van der Waals surface area contributed by atoms with Crippen LogP contribution in [0.25, 0.3) is 0 Å². The van der Waals surface area contributed by atoms with Gasteiger partial charge in [-0.2, -0.15) is 0 Å². The highest BCUT2D eigenvalue weighted by Crippen LogP contribution is 2.43. The molecule has 10 nitrogen and oxygen atoms in total. The van der Waals surface area contributed by atoms with E-state index in [1.54, 1.807) is 0 Å². The maximum Gasteiger partial charge on any atom is 0.472 e. The van der Waals surface area contributed by atoms with Gasteiger partial charge in [0.2, 0.25) is 0 Å². The molecule has 0 fully saturated rings. The summed E-state index contributed by atoms with van der Waals surface area (Å²) >= 11 is 0. The van der Waals surface area contributed by atoms with Crippen LogP contribution in [0.15, 0.2) is 48.6 Å². The van der Waals surface area contributed by atoms with Crippen LogP contribution in [0.5, 0.6) is 0 Å². The maximum absolute atomic E-state index is 12.6. The second-order valence-electron chi connectivity index (χ2n) is 14.7. The molecule has 0 rings (SSSR count). The molecule has 0 spiro atoms. The van der Waals surface area contributed by atoms with Gasteiger partial charge in [-0.3, -0.25) is 18.6 Å². The summed E-state index contributed by atoms with van der Waals surface area (Å²) in [7, 11) is -4.63. The molecular weight excluding hydrogens is 731 g/mol. The lowest BCUT2D eigenvalue weighted by Gasteiger charge is -2.20. The van der Waals surface area contributed by atoms with E-state index in [0.29, 0.717) is 12.8 Å². The van der Waals surface area contributed by atoms with E-state index in [0.717, 1.165) is 57.8 Å². The number of aliphatic hydroxyl groups excluding tert-OH is 2. The number of carbonyl (C=O) groups excluding carboxylic acids is 2. The molecule has 326 valence electrons. The molecule has 3 atom stereocenters. The van der Waals surface area contributed by atoms with Crippen molar-refractivity contribution in [1.82, 2.24) is 0 Å². The summed E-state index contributed by atoms with van der Waals surface area (Å²) < 4.78 is 32.7. The third kappa shape index (κ3) is 40.1. The van der Waals surface area contributed by atoms with Gasteiger partial charge in [-0.15, -0.1) is 0 Å². The maximum atomic E-state index is 12.6. The van der Waals surface area contributed by atoms with Gasteiger partial charge in [0.05, 0.1) is 19.8 Å². The van der Waals surface area contributed by atoms with Gasteiger partial charge in [-0.1, -0.05) is 165 Å². The van der Waals surface area contributed by atoms with Crippen LogP contribution in [0, 0.1) is 0 Å². The number of unbranched alkanes of at least 4 members (excludes halogenated alkanes) is 19. The van der Waals surface area contributed by atoms with E-state index in [2.05, 4.69) is 67.0 Å². The summed E-state index contributed by atoms with van der Waals surface area (Å²) in [6.45, 7) is 2.32. The molecular formula is C45H81O10P. The molecule has 3 N–H and O–H groups in total. The second kappa shape index (κ2) is 41.1. The van der Waals surface area contributed by atoms with Crippen LogP contribution in [-0.2, 0) is 32.7 Å². The number of phosphoric ester groups is 1. The van der Waals surface area contributed by atoms with Crippen molar-refractivity contribution in [3.05, 3.63) is 48.6 Å². The molecule has 0 aromatic rings. The molecule has 0 aliphatic carbocycles.